The van der Waals surface area contributed by atoms with Gasteiger partial charge in [-0.1, -0.05) is 27.7 Å². The maximum atomic E-state index is 12.7. The zero-order chi connectivity index (χ0) is 9.99. The first-order chi connectivity index (χ1) is 5.19. The molecule has 0 aromatic carbocycles. The molecule has 72 valence electrons. The fourth-order valence-electron chi connectivity index (χ4n) is 0.808. The molecule has 0 aliphatic carbocycles. The highest BCUT2D eigenvalue weighted by Crippen LogP contribution is 2.27. The Morgan fingerprint density at radius 1 is 1.25 bits per heavy atom. The minimum atomic E-state index is -3.13. The monoisotopic (exact) mass is 178 g/mol. The molecule has 0 aliphatic rings. The van der Waals surface area contributed by atoms with Crippen LogP contribution in [0.4, 0.5) is 8.78 Å². The van der Waals surface area contributed by atoms with Gasteiger partial charge < -0.3 is 0 Å². The molecule has 0 atom stereocenters. The van der Waals surface area contributed by atoms with Crippen LogP contribution in [-0.2, 0) is 4.79 Å². The molecule has 0 unspecified atom stereocenters. The molecule has 0 spiro atoms. The number of carbonyl (C=O) groups excluding carboxylic acids is 1. The first-order valence-corrected chi connectivity index (χ1v) is 4.10. The van der Waals surface area contributed by atoms with Gasteiger partial charge in [-0.3, -0.25) is 4.79 Å². The van der Waals surface area contributed by atoms with Gasteiger partial charge in [-0.25, -0.2) is 0 Å². The summed E-state index contributed by atoms with van der Waals surface area (Å²) in [6.07, 6.45) is -0.463. The van der Waals surface area contributed by atoms with Crippen LogP contribution in [0, 0.1) is 5.41 Å². The van der Waals surface area contributed by atoms with E-state index in [0.717, 1.165) is 0 Å². The fourth-order valence-corrected chi connectivity index (χ4v) is 0.808. The van der Waals surface area contributed by atoms with Gasteiger partial charge in [0.15, 0.2) is 0 Å². The first kappa shape index (κ1) is 11.5. The summed E-state index contributed by atoms with van der Waals surface area (Å²) < 4.78 is 25.5. The third-order valence-electron chi connectivity index (χ3n) is 1.54. The van der Waals surface area contributed by atoms with Gasteiger partial charge in [-0.05, 0) is 5.41 Å². The molecule has 12 heavy (non-hydrogen) atoms. The second-order valence-corrected chi connectivity index (χ2v) is 4.22. The van der Waals surface area contributed by atoms with Gasteiger partial charge in [0.25, 0.3) is 0 Å². The van der Waals surface area contributed by atoms with Crippen LogP contribution in [0.25, 0.3) is 0 Å². The molecule has 0 saturated carbocycles. The average Bonchev–Trinajstić information content (AvgIpc) is 1.84. The lowest BCUT2D eigenvalue weighted by atomic mass is 9.88. The highest BCUT2D eigenvalue weighted by atomic mass is 19.3. The Morgan fingerprint density at radius 2 is 1.67 bits per heavy atom. The van der Waals surface area contributed by atoms with Gasteiger partial charge in [0.2, 0.25) is 5.78 Å². The summed E-state index contributed by atoms with van der Waals surface area (Å²) in [4.78, 5) is 11.0. The van der Waals surface area contributed by atoms with E-state index in [4.69, 9.17) is 0 Å². The second-order valence-electron chi connectivity index (χ2n) is 4.22. The maximum absolute atomic E-state index is 12.7. The topological polar surface area (TPSA) is 17.1 Å². The number of rotatable bonds is 3. The Hall–Kier alpha value is -0.470. The molecule has 0 heterocycles. The summed E-state index contributed by atoms with van der Waals surface area (Å²) in [5.41, 5.74) is -0.352. The Labute approximate surface area is 72.2 Å². The van der Waals surface area contributed by atoms with Crippen molar-refractivity contribution in [2.24, 2.45) is 5.41 Å². The molecular weight excluding hydrogens is 162 g/mol. The van der Waals surface area contributed by atoms with Crippen LogP contribution in [0.1, 0.15) is 40.5 Å². The molecule has 0 aromatic heterocycles. The van der Waals surface area contributed by atoms with E-state index in [1.807, 2.05) is 0 Å². The van der Waals surface area contributed by atoms with Crippen molar-refractivity contribution in [3.05, 3.63) is 0 Å². The van der Waals surface area contributed by atoms with Gasteiger partial charge in [0.05, 0.1) is 0 Å². The number of alkyl halides is 2. The summed E-state index contributed by atoms with van der Waals surface area (Å²) >= 11 is 0. The Balaban J connectivity index is 4.23. The normalized spacial score (nSPS) is 13.2. The smallest absolute Gasteiger partial charge is 0.293 e. The Bertz CT molecular complexity index is 168. The van der Waals surface area contributed by atoms with Gasteiger partial charge in [0.1, 0.15) is 0 Å². The number of carbonyl (C=O) groups is 1. The van der Waals surface area contributed by atoms with Crippen molar-refractivity contribution in [2.45, 2.75) is 46.5 Å². The Kier molecular flexibility index (Phi) is 3.36. The van der Waals surface area contributed by atoms with Crippen LogP contribution < -0.4 is 0 Å². The van der Waals surface area contributed by atoms with Crippen molar-refractivity contribution in [1.29, 1.82) is 0 Å². The molecule has 0 aliphatic heterocycles. The van der Waals surface area contributed by atoms with Gasteiger partial charge >= 0.3 is 5.92 Å². The molecule has 0 aromatic rings. The van der Waals surface area contributed by atoms with Crippen LogP contribution in [-0.4, -0.2) is 11.7 Å². The third-order valence-corrected chi connectivity index (χ3v) is 1.54. The lowest BCUT2D eigenvalue weighted by Crippen LogP contribution is -2.30. The lowest BCUT2D eigenvalue weighted by molar-refractivity contribution is -0.145. The largest absolute Gasteiger partial charge is 0.305 e. The summed E-state index contributed by atoms with van der Waals surface area (Å²) in [5.74, 6) is -4.08. The number of hydrogen-bond acceptors (Lipinski definition) is 1. The molecule has 0 bridgehead atoms. The first-order valence-electron chi connectivity index (χ1n) is 4.10. The van der Waals surface area contributed by atoms with Crippen LogP contribution >= 0.6 is 0 Å². The average molecular weight is 178 g/mol. The highest BCUT2D eigenvalue weighted by molar-refractivity contribution is 5.85. The predicted molar refractivity (Wildman–Crippen MR) is 44.3 cm³/mol. The van der Waals surface area contributed by atoms with E-state index < -0.39 is 18.1 Å². The standard InChI is InChI=1S/C9H16F2O/c1-5-9(10,11)7(12)6-8(2,3)4/h5-6H2,1-4H3. The lowest BCUT2D eigenvalue weighted by Gasteiger charge is -2.20. The van der Waals surface area contributed by atoms with E-state index in [2.05, 4.69) is 0 Å². The summed E-state index contributed by atoms with van der Waals surface area (Å²) in [7, 11) is 0. The minimum Gasteiger partial charge on any atom is -0.293 e. The van der Waals surface area contributed by atoms with Crippen molar-refractivity contribution in [1.82, 2.24) is 0 Å². The fraction of sp³-hybridized carbons (Fsp3) is 0.889. The zero-order valence-electron chi connectivity index (χ0n) is 8.08. The zero-order valence-corrected chi connectivity index (χ0v) is 8.08. The van der Waals surface area contributed by atoms with Crippen molar-refractivity contribution in [2.75, 3.05) is 0 Å². The highest BCUT2D eigenvalue weighted by Gasteiger charge is 2.37. The summed E-state index contributed by atoms with van der Waals surface area (Å²) in [6, 6.07) is 0. The van der Waals surface area contributed by atoms with Crippen LogP contribution in [0.2, 0.25) is 0 Å². The van der Waals surface area contributed by atoms with Crippen LogP contribution in [0.3, 0.4) is 0 Å². The molecule has 1 nitrogen and oxygen atoms in total. The number of Topliss-reactive ketones (excluding diaryl/α,β-unsaturated/α-hetero) is 1. The van der Waals surface area contributed by atoms with E-state index >= 15 is 0 Å². The van der Waals surface area contributed by atoms with E-state index in [-0.39, 0.29) is 11.8 Å². The van der Waals surface area contributed by atoms with Crippen LogP contribution in [0.5, 0.6) is 0 Å². The van der Waals surface area contributed by atoms with Crippen LogP contribution in [0.15, 0.2) is 0 Å². The van der Waals surface area contributed by atoms with Crippen molar-refractivity contribution in [3.63, 3.8) is 0 Å². The Morgan fingerprint density at radius 3 is 1.92 bits per heavy atom. The quantitative estimate of drug-likeness (QED) is 0.649. The SMILES string of the molecule is CCC(F)(F)C(=O)CC(C)(C)C. The molecule has 0 rings (SSSR count). The van der Waals surface area contributed by atoms with E-state index in [1.54, 1.807) is 20.8 Å². The molecule has 0 amide bonds. The summed E-state index contributed by atoms with van der Waals surface area (Å²) in [6.45, 7) is 6.64. The minimum absolute atomic E-state index is 0.0617. The molecule has 0 radical (unpaired) electrons. The second kappa shape index (κ2) is 3.50. The number of halogens is 2. The van der Waals surface area contributed by atoms with Crippen molar-refractivity contribution < 1.29 is 13.6 Å². The summed E-state index contributed by atoms with van der Waals surface area (Å²) in [5, 5.41) is 0. The van der Waals surface area contributed by atoms with Gasteiger partial charge in [0, 0.05) is 12.8 Å². The number of hydrogen-bond donors (Lipinski definition) is 0. The van der Waals surface area contributed by atoms with Crippen molar-refractivity contribution >= 4 is 5.78 Å². The van der Waals surface area contributed by atoms with E-state index in [1.165, 1.54) is 6.92 Å². The molecule has 0 fully saturated rings. The van der Waals surface area contributed by atoms with E-state index in [0.29, 0.717) is 0 Å². The molecule has 0 saturated heterocycles. The maximum Gasteiger partial charge on any atom is 0.305 e. The van der Waals surface area contributed by atoms with Gasteiger partial charge in [-0.15, -0.1) is 0 Å². The molecular formula is C9H16F2O. The van der Waals surface area contributed by atoms with E-state index in [9.17, 15) is 13.6 Å². The molecule has 3 heteroatoms. The number of ketones is 1. The molecule has 0 N–H and O–H groups in total. The van der Waals surface area contributed by atoms with Crippen molar-refractivity contribution in [3.8, 4) is 0 Å². The van der Waals surface area contributed by atoms with Gasteiger partial charge in [-0.2, -0.15) is 8.78 Å². The predicted octanol–water partition coefficient (Wildman–Crippen LogP) is 3.04. The third kappa shape index (κ3) is 3.79.